The number of carboxylic acids is 1. The maximum atomic E-state index is 11.1. The molecule has 4 rings (SSSR count). The highest BCUT2D eigenvalue weighted by molar-refractivity contribution is 7.98. The fourth-order valence-electron chi connectivity index (χ4n) is 3.17. The van der Waals surface area contributed by atoms with Gasteiger partial charge in [0.25, 0.3) is 0 Å². The lowest BCUT2D eigenvalue weighted by Gasteiger charge is -2.14. The first kappa shape index (κ1) is 21.7. The highest BCUT2D eigenvalue weighted by Gasteiger charge is 2.14. The first-order valence-electron chi connectivity index (χ1n) is 10.3. The first-order valence-corrected chi connectivity index (χ1v) is 11.3. The standard InChI is InChI=1S/C27H23NO3S/c1-19(27(29)30)31-26-9-5-3-7-22(26)18-32-24-16-11-20(12-17-24)10-14-23-15-13-21-6-2-4-8-25(21)28-23/h2-17,19H,18H2,1H3,(H,29,30)/b14-10+. The van der Waals surface area contributed by atoms with E-state index in [9.17, 15) is 4.79 Å². The Bertz CT molecular complexity index is 1250. The minimum Gasteiger partial charge on any atom is -0.479 e. The van der Waals surface area contributed by atoms with Gasteiger partial charge < -0.3 is 9.84 Å². The molecule has 0 saturated carbocycles. The molecule has 0 bridgehead atoms. The molecule has 4 aromatic rings. The topological polar surface area (TPSA) is 59.4 Å². The van der Waals surface area contributed by atoms with Crippen molar-refractivity contribution in [2.75, 3.05) is 0 Å². The summed E-state index contributed by atoms with van der Waals surface area (Å²) in [6.07, 6.45) is 3.19. The predicted octanol–water partition coefficient (Wildman–Crippen LogP) is 6.55. The molecule has 5 heteroatoms. The van der Waals surface area contributed by atoms with E-state index in [1.54, 1.807) is 11.8 Å². The molecule has 32 heavy (non-hydrogen) atoms. The van der Waals surface area contributed by atoms with Crippen LogP contribution in [-0.2, 0) is 10.5 Å². The minimum atomic E-state index is -0.977. The number of aromatic nitrogens is 1. The van der Waals surface area contributed by atoms with Gasteiger partial charge >= 0.3 is 5.97 Å². The summed E-state index contributed by atoms with van der Waals surface area (Å²) in [5.74, 6) is 0.325. The Kier molecular flexibility index (Phi) is 6.87. The van der Waals surface area contributed by atoms with Crippen molar-refractivity contribution in [1.29, 1.82) is 0 Å². The molecule has 0 aliphatic heterocycles. The molecule has 0 saturated heterocycles. The third-order valence-corrected chi connectivity index (χ3v) is 6.03. The second-order valence-electron chi connectivity index (χ2n) is 7.33. The SMILES string of the molecule is CC(Oc1ccccc1CSc1ccc(/C=C/c2ccc3ccccc3n2)cc1)C(=O)O. The van der Waals surface area contributed by atoms with E-state index in [1.807, 2.05) is 54.6 Å². The van der Waals surface area contributed by atoms with Gasteiger partial charge in [0.1, 0.15) is 5.75 Å². The average Bonchev–Trinajstić information content (AvgIpc) is 2.82. The third-order valence-electron chi connectivity index (χ3n) is 4.97. The maximum absolute atomic E-state index is 11.1. The number of carbonyl (C=O) groups is 1. The van der Waals surface area contributed by atoms with Gasteiger partial charge in [-0.05, 0) is 48.9 Å². The monoisotopic (exact) mass is 441 g/mol. The molecule has 0 aliphatic rings. The molecule has 0 spiro atoms. The number of benzene rings is 3. The van der Waals surface area contributed by atoms with Crippen molar-refractivity contribution in [3.63, 3.8) is 0 Å². The van der Waals surface area contributed by atoms with Crippen molar-refractivity contribution in [3.05, 3.63) is 102 Å². The van der Waals surface area contributed by atoms with Crippen LogP contribution in [0.5, 0.6) is 5.75 Å². The number of aliphatic carboxylic acids is 1. The van der Waals surface area contributed by atoms with Crippen molar-refractivity contribution in [2.45, 2.75) is 23.7 Å². The number of carboxylic acid groups (broad SMARTS) is 1. The van der Waals surface area contributed by atoms with Gasteiger partial charge in [-0.3, -0.25) is 0 Å². The van der Waals surface area contributed by atoms with Crippen LogP contribution >= 0.6 is 11.8 Å². The van der Waals surface area contributed by atoms with Gasteiger partial charge in [0.2, 0.25) is 0 Å². The van der Waals surface area contributed by atoms with Crippen molar-refractivity contribution in [3.8, 4) is 5.75 Å². The van der Waals surface area contributed by atoms with Gasteiger partial charge in [-0.1, -0.05) is 60.7 Å². The van der Waals surface area contributed by atoms with E-state index >= 15 is 0 Å². The van der Waals surface area contributed by atoms with E-state index in [-0.39, 0.29) is 0 Å². The first-order chi connectivity index (χ1) is 15.6. The lowest BCUT2D eigenvalue weighted by atomic mass is 10.1. The molecule has 1 heterocycles. The summed E-state index contributed by atoms with van der Waals surface area (Å²) in [6, 6.07) is 28.1. The largest absolute Gasteiger partial charge is 0.479 e. The number of fused-ring (bicyclic) bond motifs is 1. The van der Waals surface area contributed by atoms with Crippen LogP contribution in [-0.4, -0.2) is 22.2 Å². The summed E-state index contributed by atoms with van der Waals surface area (Å²) in [5, 5.41) is 10.2. The molecule has 160 valence electrons. The van der Waals surface area contributed by atoms with Crippen molar-refractivity contribution in [1.82, 2.24) is 4.98 Å². The van der Waals surface area contributed by atoms with Crippen molar-refractivity contribution in [2.24, 2.45) is 0 Å². The van der Waals surface area contributed by atoms with Crippen LogP contribution in [0.3, 0.4) is 0 Å². The van der Waals surface area contributed by atoms with Gasteiger partial charge in [-0.25, -0.2) is 9.78 Å². The normalized spacial score (nSPS) is 12.2. The minimum absolute atomic E-state index is 0.609. The maximum Gasteiger partial charge on any atom is 0.344 e. The molecule has 0 amide bonds. The van der Waals surface area contributed by atoms with E-state index in [2.05, 4.69) is 47.5 Å². The summed E-state index contributed by atoms with van der Waals surface area (Å²) < 4.78 is 5.59. The molecule has 4 nitrogen and oxygen atoms in total. The number of para-hydroxylation sites is 2. The lowest BCUT2D eigenvalue weighted by Crippen LogP contribution is -2.23. The highest BCUT2D eigenvalue weighted by Crippen LogP contribution is 2.29. The number of thioether (sulfide) groups is 1. The highest BCUT2D eigenvalue weighted by atomic mass is 32.2. The molecular formula is C27H23NO3S. The van der Waals surface area contributed by atoms with Crippen molar-refractivity contribution >= 4 is 40.8 Å². The second-order valence-corrected chi connectivity index (χ2v) is 8.37. The number of nitrogens with zero attached hydrogens (tertiary/aromatic N) is 1. The van der Waals surface area contributed by atoms with Gasteiger partial charge in [-0.15, -0.1) is 11.8 Å². The van der Waals surface area contributed by atoms with E-state index < -0.39 is 12.1 Å². The van der Waals surface area contributed by atoms with Crippen LogP contribution in [0.1, 0.15) is 23.7 Å². The molecule has 1 atom stereocenters. The Balaban J connectivity index is 1.39. The predicted molar refractivity (Wildman–Crippen MR) is 131 cm³/mol. The van der Waals surface area contributed by atoms with E-state index in [4.69, 9.17) is 9.84 Å². The zero-order chi connectivity index (χ0) is 22.3. The summed E-state index contributed by atoms with van der Waals surface area (Å²) in [6.45, 7) is 1.53. The summed E-state index contributed by atoms with van der Waals surface area (Å²) in [5.41, 5.74) is 3.98. The third kappa shape index (κ3) is 5.56. The zero-order valence-electron chi connectivity index (χ0n) is 17.6. The molecule has 0 radical (unpaired) electrons. The molecule has 1 unspecified atom stereocenters. The lowest BCUT2D eigenvalue weighted by molar-refractivity contribution is -0.144. The summed E-state index contributed by atoms with van der Waals surface area (Å²) in [7, 11) is 0. The molecule has 3 aromatic carbocycles. The number of hydrogen-bond acceptors (Lipinski definition) is 4. The average molecular weight is 442 g/mol. The smallest absolute Gasteiger partial charge is 0.344 e. The van der Waals surface area contributed by atoms with Crippen LogP contribution in [0.25, 0.3) is 23.1 Å². The molecule has 0 fully saturated rings. The van der Waals surface area contributed by atoms with Crippen LogP contribution in [0.4, 0.5) is 0 Å². The fourth-order valence-corrected chi connectivity index (χ4v) is 4.06. The molecular weight excluding hydrogens is 418 g/mol. The Morgan fingerprint density at radius 1 is 0.969 bits per heavy atom. The zero-order valence-corrected chi connectivity index (χ0v) is 18.5. The van der Waals surface area contributed by atoms with Gasteiger partial charge in [-0.2, -0.15) is 0 Å². The number of pyridine rings is 1. The fraction of sp³-hybridized carbons (Fsp3) is 0.111. The van der Waals surface area contributed by atoms with Crippen LogP contribution in [0.15, 0.2) is 89.8 Å². The Labute approximate surface area is 191 Å². The Morgan fingerprint density at radius 3 is 2.53 bits per heavy atom. The number of rotatable bonds is 8. The van der Waals surface area contributed by atoms with E-state index in [0.29, 0.717) is 11.5 Å². The Morgan fingerprint density at radius 2 is 1.72 bits per heavy atom. The number of ether oxygens (including phenoxy) is 1. The molecule has 1 N–H and O–H groups in total. The summed E-state index contributed by atoms with van der Waals surface area (Å²) >= 11 is 1.68. The van der Waals surface area contributed by atoms with Crippen LogP contribution < -0.4 is 4.74 Å². The molecule has 0 aliphatic carbocycles. The Hall–Kier alpha value is -3.57. The van der Waals surface area contributed by atoms with Crippen LogP contribution in [0, 0.1) is 0 Å². The number of hydrogen-bond donors (Lipinski definition) is 1. The quantitative estimate of drug-likeness (QED) is 0.314. The van der Waals surface area contributed by atoms with Gasteiger partial charge in [0.05, 0.1) is 11.2 Å². The van der Waals surface area contributed by atoms with Crippen molar-refractivity contribution < 1.29 is 14.6 Å². The van der Waals surface area contributed by atoms with Crippen LogP contribution in [0.2, 0.25) is 0 Å². The van der Waals surface area contributed by atoms with E-state index in [0.717, 1.165) is 32.6 Å². The summed E-state index contributed by atoms with van der Waals surface area (Å²) in [4.78, 5) is 16.9. The second kappa shape index (κ2) is 10.2. The van der Waals surface area contributed by atoms with Gasteiger partial charge in [0, 0.05) is 21.6 Å². The van der Waals surface area contributed by atoms with Gasteiger partial charge in [0.15, 0.2) is 6.10 Å². The molecule has 1 aromatic heterocycles. The van der Waals surface area contributed by atoms with E-state index in [1.165, 1.54) is 6.92 Å².